The second-order valence-corrected chi connectivity index (χ2v) is 11.2. The van der Waals surface area contributed by atoms with Gasteiger partial charge in [-0.2, -0.15) is 0 Å². The Kier molecular flexibility index (Phi) is 12.8. The van der Waals surface area contributed by atoms with Crippen LogP contribution in [0.15, 0.2) is 34.8 Å². The summed E-state index contributed by atoms with van der Waals surface area (Å²) in [6.07, 6.45) is 6.01. The molecule has 2 aromatic rings. The number of hydrogen-bond donors (Lipinski definition) is 3. The maximum absolute atomic E-state index is 12.3. The Balaban J connectivity index is 0.000000269. The Morgan fingerprint density at radius 3 is 2.26 bits per heavy atom. The molecule has 0 radical (unpaired) electrons. The summed E-state index contributed by atoms with van der Waals surface area (Å²) < 4.78 is 6.22. The minimum absolute atomic E-state index is 0.0564. The van der Waals surface area contributed by atoms with Gasteiger partial charge < -0.3 is 20.5 Å². The molecule has 0 aliphatic heterocycles. The molecule has 3 N–H and O–H groups in total. The van der Waals surface area contributed by atoms with Crippen LogP contribution in [0, 0.1) is 18.8 Å². The summed E-state index contributed by atoms with van der Waals surface area (Å²) in [4.78, 5) is 23.9. The molecule has 2 atom stereocenters. The Morgan fingerprint density at radius 2 is 1.74 bits per heavy atom. The van der Waals surface area contributed by atoms with E-state index in [0.29, 0.717) is 0 Å². The van der Waals surface area contributed by atoms with Crippen molar-refractivity contribution in [2.75, 3.05) is 17.7 Å². The summed E-state index contributed by atoms with van der Waals surface area (Å²) in [5, 5.41) is 15.7. The number of halogens is 1. The number of hydrogen-bond acceptors (Lipinski definition) is 5. The summed E-state index contributed by atoms with van der Waals surface area (Å²) in [7, 11) is 1.65. The van der Waals surface area contributed by atoms with Gasteiger partial charge in [-0.3, -0.25) is 9.59 Å². The van der Waals surface area contributed by atoms with Crippen molar-refractivity contribution in [1.82, 2.24) is 0 Å². The molecule has 0 bridgehead atoms. The van der Waals surface area contributed by atoms with Crippen molar-refractivity contribution < 1.29 is 19.4 Å². The van der Waals surface area contributed by atoms with E-state index in [1.165, 1.54) is 19.3 Å². The lowest BCUT2D eigenvalue weighted by molar-refractivity contribution is -0.121. The monoisotopic (exact) mass is 588 g/mol. The molecule has 210 valence electrons. The maximum Gasteiger partial charge on any atom is 0.227 e. The zero-order valence-corrected chi connectivity index (χ0v) is 25.6. The molecule has 2 unspecified atom stereocenters. The third-order valence-corrected chi connectivity index (χ3v) is 8.22. The van der Waals surface area contributed by atoms with Gasteiger partial charge >= 0.3 is 0 Å². The molecule has 38 heavy (non-hydrogen) atoms. The van der Waals surface area contributed by atoms with E-state index in [-0.39, 0.29) is 23.7 Å². The van der Waals surface area contributed by atoms with Crippen LogP contribution in [-0.4, -0.2) is 36.1 Å². The molecular weight excluding hydrogens is 544 g/mol. The topological polar surface area (TPSA) is 87.7 Å². The number of ether oxygens (including phenoxy) is 1. The lowest BCUT2D eigenvalue weighted by Crippen LogP contribution is -2.28. The highest BCUT2D eigenvalue weighted by Gasteiger charge is 2.25. The van der Waals surface area contributed by atoms with Crippen molar-refractivity contribution in [1.29, 1.82) is 0 Å². The molecule has 7 heteroatoms. The number of aliphatic hydroxyl groups is 1. The molecule has 0 saturated heterocycles. The molecule has 1 aliphatic rings. The third kappa shape index (κ3) is 9.12. The van der Waals surface area contributed by atoms with E-state index >= 15 is 0 Å². The molecule has 6 nitrogen and oxygen atoms in total. The van der Waals surface area contributed by atoms with E-state index in [1.807, 2.05) is 51.1 Å². The molecule has 1 amide bonds. The van der Waals surface area contributed by atoms with Crippen molar-refractivity contribution in [3.05, 3.63) is 51.5 Å². The summed E-state index contributed by atoms with van der Waals surface area (Å²) in [5.74, 6) is 2.02. The quantitative estimate of drug-likeness (QED) is 0.263. The molecule has 1 aliphatic carbocycles. The molecule has 0 heterocycles. The fourth-order valence-electron chi connectivity index (χ4n) is 4.75. The van der Waals surface area contributed by atoms with Crippen molar-refractivity contribution >= 4 is 39.0 Å². The van der Waals surface area contributed by atoms with Gasteiger partial charge in [-0.15, -0.1) is 0 Å². The first-order valence-electron chi connectivity index (χ1n) is 13.7. The average molecular weight is 590 g/mol. The van der Waals surface area contributed by atoms with E-state index < -0.39 is 6.10 Å². The molecular formula is C31H45BrN2O4. The van der Waals surface area contributed by atoms with Crippen molar-refractivity contribution in [3.8, 4) is 5.75 Å². The lowest BCUT2D eigenvalue weighted by atomic mass is 9.80. The zero-order chi connectivity index (χ0) is 28.4. The Morgan fingerprint density at radius 1 is 1.08 bits per heavy atom. The number of methoxy groups -OCH3 is 1. The van der Waals surface area contributed by atoms with Gasteiger partial charge in [0.1, 0.15) is 5.75 Å². The van der Waals surface area contributed by atoms with Crippen LogP contribution >= 0.6 is 15.9 Å². The van der Waals surface area contributed by atoms with Crippen LogP contribution in [0.4, 0.5) is 11.4 Å². The zero-order valence-electron chi connectivity index (χ0n) is 24.0. The number of aliphatic hydroxyl groups excluding tert-OH is 1. The van der Waals surface area contributed by atoms with E-state index in [4.69, 9.17) is 4.74 Å². The summed E-state index contributed by atoms with van der Waals surface area (Å²) in [6, 6.07) is 9.54. The number of Topliss-reactive ketones (excluding diaryl/α,β-unsaturated/α-hetero) is 1. The normalized spacial score (nSPS) is 18.4. The van der Waals surface area contributed by atoms with Gasteiger partial charge in [0, 0.05) is 39.4 Å². The Bertz CT molecular complexity index is 1080. The van der Waals surface area contributed by atoms with Gasteiger partial charge in [0.25, 0.3) is 0 Å². The number of amides is 1. The van der Waals surface area contributed by atoms with Gasteiger partial charge in [-0.25, -0.2) is 0 Å². The molecule has 3 rings (SSSR count). The fourth-order valence-corrected chi connectivity index (χ4v) is 5.49. The van der Waals surface area contributed by atoms with Crippen molar-refractivity contribution in [2.24, 2.45) is 11.8 Å². The largest absolute Gasteiger partial charge is 0.496 e. The van der Waals surface area contributed by atoms with Crippen LogP contribution in [-0.2, 0) is 11.2 Å². The second kappa shape index (κ2) is 15.3. The fraction of sp³-hybridized carbons (Fsp3) is 0.548. The lowest BCUT2D eigenvalue weighted by Gasteiger charge is -2.27. The number of benzene rings is 2. The van der Waals surface area contributed by atoms with Crippen LogP contribution in [0.3, 0.4) is 0 Å². The number of nitrogens with one attached hydrogen (secondary N) is 2. The van der Waals surface area contributed by atoms with E-state index in [9.17, 15) is 14.7 Å². The van der Waals surface area contributed by atoms with Gasteiger partial charge in [0.15, 0.2) is 5.78 Å². The van der Waals surface area contributed by atoms with E-state index in [2.05, 4.69) is 33.5 Å². The van der Waals surface area contributed by atoms with Gasteiger partial charge in [-0.05, 0) is 95.0 Å². The second-order valence-electron chi connectivity index (χ2n) is 10.4. The van der Waals surface area contributed by atoms with Crippen LogP contribution in [0.5, 0.6) is 5.75 Å². The van der Waals surface area contributed by atoms with Crippen molar-refractivity contribution in [2.45, 2.75) is 92.2 Å². The summed E-state index contributed by atoms with van der Waals surface area (Å²) in [5.41, 5.74) is 4.51. The standard InChI is InChI=1S/C17H25NO2.C14H20BrNO2/c1-4-13-6-8-14(9-7-13)17(19)18-15-10-5-12(2)16(11-15)20-3;1-5-12-13(10(4)18)6-11(7-14(12)15)16-8(2)9(3)17/h5,10-11,13-14H,4,6-9H2,1-3H3,(H,18,19);6-9,16-17H,5H2,1-4H3. The van der Waals surface area contributed by atoms with E-state index in [0.717, 1.165) is 63.5 Å². The van der Waals surface area contributed by atoms with Gasteiger partial charge in [0.2, 0.25) is 5.91 Å². The maximum atomic E-state index is 12.3. The Hall–Kier alpha value is -2.38. The van der Waals surface area contributed by atoms with Crippen LogP contribution in [0.2, 0.25) is 0 Å². The molecule has 0 aromatic heterocycles. The van der Waals surface area contributed by atoms with E-state index in [1.54, 1.807) is 21.0 Å². The van der Waals surface area contributed by atoms with Crippen LogP contribution in [0.25, 0.3) is 0 Å². The first-order chi connectivity index (χ1) is 18.0. The Labute approximate surface area is 237 Å². The van der Waals surface area contributed by atoms with Crippen molar-refractivity contribution in [3.63, 3.8) is 0 Å². The smallest absolute Gasteiger partial charge is 0.227 e. The number of rotatable bonds is 9. The number of anilines is 2. The third-order valence-electron chi connectivity index (χ3n) is 7.52. The van der Waals surface area contributed by atoms with Crippen LogP contribution in [0.1, 0.15) is 88.2 Å². The molecule has 1 saturated carbocycles. The highest BCUT2D eigenvalue weighted by atomic mass is 79.9. The number of aryl methyl sites for hydroxylation is 1. The first-order valence-corrected chi connectivity index (χ1v) is 14.5. The first kappa shape index (κ1) is 31.8. The summed E-state index contributed by atoms with van der Waals surface area (Å²) >= 11 is 3.50. The SMILES string of the molecule is CCC1CCC(C(=O)Nc2ccc(C)c(OC)c2)CC1.CCc1c(Br)cc(NC(C)C(C)O)cc1C(C)=O. The summed E-state index contributed by atoms with van der Waals surface area (Å²) in [6.45, 7) is 11.5. The molecule has 0 spiro atoms. The van der Waals surface area contributed by atoms with Gasteiger partial charge in [0.05, 0.1) is 13.2 Å². The minimum atomic E-state index is -0.449. The number of carbonyl (C=O) groups is 2. The predicted octanol–water partition coefficient (Wildman–Crippen LogP) is 7.55. The molecule has 2 aromatic carbocycles. The minimum Gasteiger partial charge on any atom is -0.496 e. The number of ketones is 1. The molecule has 1 fully saturated rings. The number of carbonyl (C=O) groups excluding carboxylic acids is 2. The van der Waals surface area contributed by atoms with Crippen LogP contribution < -0.4 is 15.4 Å². The highest BCUT2D eigenvalue weighted by Crippen LogP contribution is 2.32. The predicted molar refractivity (Wildman–Crippen MR) is 160 cm³/mol. The van der Waals surface area contributed by atoms with Gasteiger partial charge in [-0.1, -0.05) is 42.3 Å². The highest BCUT2D eigenvalue weighted by molar-refractivity contribution is 9.10. The average Bonchev–Trinajstić information content (AvgIpc) is 2.89.